The maximum absolute atomic E-state index is 13.1. The third kappa shape index (κ3) is 5.27. The van der Waals surface area contributed by atoms with Crippen LogP contribution in [0.2, 0.25) is 10.2 Å². The van der Waals surface area contributed by atoms with Crippen molar-refractivity contribution < 1.29 is 19.1 Å². The lowest BCUT2D eigenvalue weighted by atomic mass is 10.1. The first-order chi connectivity index (χ1) is 14.9. The number of halogens is 2. The summed E-state index contributed by atoms with van der Waals surface area (Å²) in [7, 11) is 0. The van der Waals surface area contributed by atoms with E-state index in [-0.39, 0.29) is 33.7 Å². The largest absolute Gasteiger partial charge is 0.444 e. The lowest BCUT2D eigenvalue weighted by molar-refractivity contribution is -0.116. The third-order valence-electron chi connectivity index (χ3n) is 4.23. The summed E-state index contributed by atoms with van der Waals surface area (Å²) in [4.78, 5) is 43.2. The number of amides is 2. The molecule has 0 fully saturated rings. The lowest BCUT2D eigenvalue weighted by Crippen LogP contribution is -2.42. The number of benzene rings is 2. The Kier molecular flexibility index (Phi) is 7.36. The number of anilines is 1. The molecular weight excluding hydrogens is 441 g/mol. The first-order valence-corrected chi connectivity index (χ1v) is 9.87. The SMILES string of the molecule is NCC(=O)N(C(=O)OCc1ccccc1)c1ccc(Cl)nc1C(=O)c1ccccc1Cl. The molecule has 1 aromatic heterocycles. The maximum atomic E-state index is 13.1. The molecule has 0 radical (unpaired) electrons. The van der Waals surface area contributed by atoms with Gasteiger partial charge in [0.05, 0.1) is 17.3 Å². The second-order valence-electron chi connectivity index (χ2n) is 6.28. The number of carbonyl (C=O) groups is 3. The van der Waals surface area contributed by atoms with E-state index in [0.29, 0.717) is 4.90 Å². The van der Waals surface area contributed by atoms with Gasteiger partial charge in [0.25, 0.3) is 0 Å². The van der Waals surface area contributed by atoms with Gasteiger partial charge in [-0.3, -0.25) is 9.59 Å². The number of hydrogen-bond donors (Lipinski definition) is 1. The second-order valence-corrected chi connectivity index (χ2v) is 7.08. The van der Waals surface area contributed by atoms with Gasteiger partial charge in [-0.2, -0.15) is 0 Å². The zero-order chi connectivity index (χ0) is 22.4. The topological polar surface area (TPSA) is 103 Å². The smallest absolute Gasteiger partial charge is 0.421 e. The lowest BCUT2D eigenvalue weighted by Gasteiger charge is -2.22. The molecule has 9 heteroatoms. The van der Waals surface area contributed by atoms with Crippen molar-refractivity contribution >= 4 is 46.7 Å². The number of hydrogen-bond acceptors (Lipinski definition) is 6. The number of nitrogens with zero attached hydrogens (tertiary/aromatic N) is 2. The van der Waals surface area contributed by atoms with Gasteiger partial charge in [0, 0.05) is 5.56 Å². The Balaban J connectivity index is 2.00. The summed E-state index contributed by atoms with van der Waals surface area (Å²) >= 11 is 12.1. The molecule has 2 N–H and O–H groups in total. The number of aromatic nitrogens is 1. The molecule has 0 aliphatic heterocycles. The molecular formula is C22H17Cl2N3O4. The summed E-state index contributed by atoms with van der Waals surface area (Å²) in [6, 6.07) is 17.9. The zero-order valence-corrected chi connectivity index (χ0v) is 17.6. The van der Waals surface area contributed by atoms with Crippen molar-refractivity contribution in [2.24, 2.45) is 5.73 Å². The molecule has 0 saturated carbocycles. The number of pyridine rings is 1. The molecule has 2 amide bonds. The minimum absolute atomic E-state index is 0.00282. The fourth-order valence-electron chi connectivity index (χ4n) is 2.76. The summed E-state index contributed by atoms with van der Waals surface area (Å²) in [6.07, 6.45) is -1.00. The van der Waals surface area contributed by atoms with Crippen molar-refractivity contribution in [3.05, 3.63) is 93.7 Å². The van der Waals surface area contributed by atoms with E-state index in [0.717, 1.165) is 5.56 Å². The van der Waals surface area contributed by atoms with E-state index in [2.05, 4.69) is 4.98 Å². The summed E-state index contributed by atoms with van der Waals surface area (Å²) in [5.41, 5.74) is 6.01. The average Bonchev–Trinajstić information content (AvgIpc) is 2.79. The molecule has 1 heterocycles. The van der Waals surface area contributed by atoms with Crippen molar-refractivity contribution in [1.82, 2.24) is 4.98 Å². The molecule has 7 nitrogen and oxygen atoms in total. The van der Waals surface area contributed by atoms with Crippen LogP contribution in [0.5, 0.6) is 0 Å². The number of imide groups is 1. The van der Waals surface area contributed by atoms with E-state index in [1.165, 1.54) is 24.3 Å². The first-order valence-electron chi connectivity index (χ1n) is 9.12. The van der Waals surface area contributed by atoms with Crippen LogP contribution >= 0.6 is 23.2 Å². The summed E-state index contributed by atoms with van der Waals surface area (Å²) in [6.45, 7) is -0.578. The van der Waals surface area contributed by atoms with Gasteiger partial charge in [-0.15, -0.1) is 0 Å². The molecule has 158 valence electrons. The Hall–Kier alpha value is -3.26. The van der Waals surface area contributed by atoms with Gasteiger partial charge in [0.2, 0.25) is 11.7 Å². The number of ether oxygens (including phenoxy) is 1. The Morgan fingerprint density at radius 2 is 1.61 bits per heavy atom. The molecule has 0 bridgehead atoms. The summed E-state index contributed by atoms with van der Waals surface area (Å²) in [5, 5.41) is 0.181. The second kappa shape index (κ2) is 10.2. The van der Waals surface area contributed by atoms with Crippen LogP contribution in [-0.2, 0) is 16.1 Å². The number of rotatable bonds is 6. The van der Waals surface area contributed by atoms with Crippen molar-refractivity contribution in [3.8, 4) is 0 Å². The fourth-order valence-corrected chi connectivity index (χ4v) is 3.13. The summed E-state index contributed by atoms with van der Waals surface area (Å²) < 4.78 is 5.27. The minimum atomic E-state index is -1.00. The van der Waals surface area contributed by atoms with E-state index in [1.807, 2.05) is 6.07 Å². The number of ketones is 1. The Morgan fingerprint density at radius 1 is 0.935 bits per heavy atom. The van der Waals surface area contributed by atoms with Gasteiger partial charge in [0.1, 0.15) is 17.5 Å². The Morgan fingerprint density at radius 3 is 2.29 bits per heavy atom. The molecule has 3 aromatic rings. The van der Waals surface area contributed by atoms with E-state index in [9.17, 15) is 14.4 Å². The number of carbonyl (C=O) groups excluding carboxylic acids is 3. The van der Waals surface area contributed by atoms with Crippen LogP contribution in [-0.4, -0.2) is 29.3 Å². The highest BCUT2D eigenvalue weighted by Crippen LogP contribution is 2.27. The van der Waals surface area contributed by atoms with Crippen LogP contribution in [0.25, 0.3) is 0 Å². The van der Waals surface area contributed by atoms with Crippen LogP contribution in [0.1, 0.15) is 21.6 Å². The monoisotopic (exact) mass is 457 g/mol. The Bertz CT molecular complexity index is 1120. The molecule has 0 unspecified atom stereocenters. The molecule has 0 saturated heterocycles. The van der Waals surface area contributed by atoms with E-state index < -0.39 is 24.3 Å². The van der Waals surface area contributed by atoms with E-state index in [4.69, 9.17) is 33.7 Å². The van der Waals surface area contributed by atoms with Crippen LogP contribution in [0.4, 0.5) is 10.5 Å². The maximum Gasteiger partial charge on any atom is 0.421 e. The third-order valence-corrected chi connectivity index (χ3v) is 4.77. The highest BCUT2D eigenvalue weighted by atomic mass is 35.5. The summed E-state index contributed by atoms with van der Waals surface area (Å²) in [5.74, 6) is -1.40. The molecule has 0 aliphatic carbocycles. The zero-order valence-electron chi connectivity index (χ0n) is 16.1. The molecule has 31 heavy (non-hydrogen) atoms. The Labute approximate surface area is 188 Å². The normalized spacial score (nSPS) is 10.4. The van der Waals surface area contributed by atoms with Crippen LogP contribution < -0.4 is 10.6 Å². The molecule has 0 atom stereocenters. The van der Waals surface area contributed by atoms with Crippen LogP contribution in [0, 0.1) is 0 Å². The highest BCUT2D eigenvalue weighted by molar-refractivity contribution is 6.35. The van der Waals surface area contributed by atoms with Gasteiger partial charge in [0.15, 0.2) is 0 Å². The molecule has 0 spiro atoms. The average molecular weight is 458 g/mol. The predicted octanol–water partition coefficient (Wildman–Crippen LogP) is 4.25. The predicted molar refractivity (Wildman–Crippen MR) is 117 cm³/mol. The van der Waals surface area contributed by atoms with Crippen molar-refractivity contribution in [3.63, 3.8) is 0 Å². The molecule has 3 rings (SSSR count). The van der Waals surface area contributed by atoms with Gasteiger partial charge < -0.3 is 10.5 Å². The quantitative estimate of drug-likeness (QED) is 0.438. The van der Waals surface area contributed by atoms with Gasteiger partial charge in [-0.25, -0.2) is 14.7 Å². The molecule has 0 aliphatic rings. The standard InChI is InChI=1S/C22H17Cl2N3O4/c23-16-9-5-4-8-15(16)21(29)20-17(10-11-18(24)26-20)27(19(28)12-25)22(30)31-13-14-6-2-1-3-7-14/h1-11H,12-13,25H2. The van der Waals surface area contributed by atoms with Gasteiger partial charge >= 0.3 is 6.09 Å². The van der Waals surface area contributed by atoms with Crippen LogP contribution in [0.3, 0.4) is 0 Å². The highest BCUT2D eigenvalue weighted by Gasteiger charge is 2.30. The number of nitrogens with two attached hydrogens (primary N) is 1. The van der Waals surface area contributed by atoms with Crippen molar-refractivity contribution in [2.75, 3.05) is 11.4 Å². The first kappa shape index (κ1) is 22.4. The molecule has 2 aromatic carbocycles. The van der Waals surface area contributed by atoms with Crippen LogP contribution in [0.15, 0.2) is 66.7 Å². The van der Waals surface area contributed by atoms with E-state index >= 15 is 0 Å². The van der Waals surface area contributed by atoms with Crippen molar-refractivity contribution in [1.29, 1.82) is 0 Å². The van der Waals surface area contributed by atoms with Crippen molar-refractivity contribution in [2.45, 2.75) is 6.61 Å². The van der Waals surface area contributed by atoms with Gasteiger partial charge in [-0.1, -0.05) is 65.7 Å². The minimum Gasteiger partial charge on any atom is -0.444 e. The fraction of sp³-hybridized carbons (Fsp3) is 0.0909. The van der Waals surface area contributed by atoms with E-state index in [1.54, 1.807) is 36.4 Å². The van der Waals surface area contributed by atoms with Gasteiger partial charge in [-0.05, 0) is 29.8 Å².